The molecule has 0 atom stereocenters. The van der Waals surface area contributed by atoms with Gasteiger partial charge in [0.15, 0.2) is 0 Å². The van der Waals surface area contributed by atoms with E-state index in [0.717, 1.165) is 36.6 Å². The third-order valence-electron chi connectivity index (χ3n) is 5.39. The lowest BCUT2D eigenvalue weighted by Gasteiger charge is -2.30. The Balaban J connectivity index is 1.64. The van der Waals surface area contributed by atoms with Crippen molar-refractivity contribution in [3.05, 3.63) is 53.7 Å². The number of nitrogens with zero attached hydrogens (tertiary/aromatic N) is 1. The highest BCUT2D eigenvalue weighted by Gasteiger charge is 2.32. The first-order valence-corrected chi connectivity index (χ1v) is 10.5. The fourth-order valence-corrected chi connectivity index (χ4v) is 5.56. The molecule has 0 saturated carbocycles. The molecule has 0 radical (unpaired) electrons. The second kappa shape index (κ2) is 5.85. The van der Waals surface area contributed by atoms with Gasteiger partial charge in [0.1, 0.15) is 6.54 Å². The van der Waals surface area contributed by atoms with Crippen LogP contribution in [0.3, 0.4) is 0 Å². The molecule has 2 aliphatic rings. The number of rotatable bonds is 2. The minimum absolute atomic E-state index is 0.215. The highest BCUT2D eigenvalue weighted by atomic mass is 32.2. The molecule has 2 N–H and O–H groups in total. The molecule has 138 valence electrons. The molecular formula is C20H19N3O3S. The Morgan fingerprint density at radius 1 is 1.00 bits per heavy atom. The monoisotopic (exact) mass is 381 g/mol. The van der Waals surface area contributed by atoms with E-state index in [-0.39, 0.29) is 17.3 Å². The van der Waals surface area contributed by atoms with Gasteiger partial charge in [-0.2, -0.15) is 0 Å². The second-order valence-electron chi connectivity index (χ2n) is 7.07. The fraction of sp³-hybridized carbons (Fsp3) is 0.250. The van der Waals surface area contributed by atoms with Crippen LogP contribution in [0.2, 0.25) is 0 Å². The molecule has 1 aromatic heterocycles. The van der Waals surface area contributed by atoms with Crippen molar-refractivity contribution in [3.63, 3.8) is 0 Å². The average Bonchev–Trinajstić information content (AvgIpc) is 3.05. The van der Waals surface area contributed by atoms with Crippen LogP contribution in [0.25, 0.3) is 10.9 Å². The average molecular weight is 381 g/mol. The van der Waals surface area contributed by atoms with Crippen molar-refractivity contribution in [2.75, 3.05) is 16.2 Å². The van der Waals surface area contributed by atoms with Crippen molar-refractivity contribution in [2.24, 2.45) is 0 Å². The second-order valence-corrected chi connectivity index (χ2v) is 8.94. The Labute approximate surface area is 157 Å². The molecule has 2 aromatic carbocycles. The van der Waals surface area contributed by atoms with Crippen LogP contribution >= 0.6 is 0 Å². The summed E-state index contributed by atoms with van der Waals surface area (Å²) in [6, 6.07) is 12.2. The number of aromatic nitrogens is 1. The Kier molecular flexibility index (Phi) is 3.55. The number of benzene rings is 2. The van der Waals surface area contributed by atoms with Gasteiger partial charge in [0.2, 0.25) is 5.91 Å². The fourth-order valence-electron chi connectivity index (χ4n) is 4.09. The van der Waals surface area contributed by atoms with Gasteiger partial charge < -0.3 is 10.3 Å². The number of anilines is 2. The van der Waals surface area contributed by atoms with Gasteiger partial charge in [-0.05, 0) is 61.6 Å². The number of amides is 1. The largest absolute Gasteiger partial charge is 0.358 e. The molecule has 3 aromatic rings. The summed E-state index contributed by atoms with van der Waals surface area (Å²) in [4.78, 5) is 15.7. The molecule has 5 rings (SSSR count). The number of sulfonamides is 1. The van der Waals surface area contributed by atoms with Crippen molar-refractivity contribution in [1.29, 1.82) is 0 Å². The van der Waals surface area contributed by atoms with E-state index in [1.54, 1.807) is 36.4 Å². The van der Waals surface area contributed by atoms with Gasteiger partial charge >= 0.3 is 0 Å². The normalized spacial score (nSPS) is 16.7. The van der Waals surface area contributed by atoms with Gasteiger partial charge in [0.25, 0.3) is 10.0 Å². The van der Waals surface area contributed by atoms with Crippen molar-refractivity contribution in [3.8, 4) is 0 Å². The maximum atomic E-state index is 13.4. The first kappa shape index (κ1) is 16.4. The van der Waals surface area contributed by atoms with Gasteiger partial charge in [0, 0.05) is 16.6 Å². The lowest BCUT2D eigenvalue weighted by Crippen LogP contribution is -2.42. The van der Waals surface area contributed by atoms with E-state index < -0.39 is 10.0 Å². The van der Waals surface area contributed by atoms with Crippen molar-refractivity contribution >= 4 is 38.2 Å². The number of nitrogens with one attached hydrogen (secondary N) is 2. The van der Waals surface area contributed by atoms with Gasteiger partial charge in [-0.3, -0.25) is 9.10 Å². The molecule has 0 fully saturated rings. The van der Waals surface area contributed by atoms with Crippen LogP contribution in [-0.2, 0) is 27.7 Å². The zero-order valence-corrected chi connectivity index (χ0v) is 15.5. The van der Waals surface area contributed by atoms with E-state index in [2.05, 4.69) is 10.3 Å². The SMILES string of the molecule is O=C1CN(S(=O)(=O)c2ccc3[nH]c4c(c3c2)CCCC4)c2ccccc2N1. The first-order valence-electron chi connectivity index (χ1n) is 9.09. The van der Waals surface area contributed by atoms with E-state index >= 15 is 0 Å². The molecule has 2 heterocycles. The summed E-state index contributed by atoms with van der Waals surface area (Å²) in [7, 11) is -3.85. The van der Waals surface area contributed by atoms with Crippen molar-refractivity contribution < 1.29 is 13.2 Å². The smallest absolute Gasteiger partial charge is 0.264 e. The highest BCUT2D eigenvalue weighted by Crippen LogP contribution is 2.35. The number of hydrogen-bond acceptors (Lipinski definition) is 3. The predicted molar refractivity (Wildman–Crippen MR) is 105 cm³/mol. The number of H-pyrrole nitrogens is 1. The van der Waals surface area contributed by atoms with E-state index in [1.165, 1.54) is 15.6 Å². The molecule has 6 nitrogen and oxygen atoms in total. The number of aryl methyl sites for hydroxylation is 2. The number of para-hydroxylation sites is 2. The van der Waals surface area contributed by atoms with E-state index in [1.807, 2.05) is 6.07 Å². The Morgan fingerprint density at radius 2 is 1.81 bits per heavy atom. The minimum atomic E-state index is -3.85. The van der Waals surface area contributed by atoms with Crippen molar-refractivity contribution in [2.45, 2.75) is 30.6 Å². The van der Waals surface area contributed by atoms with Crippen LogP contribution in [-0.4, -0.2) is 25.9 Å². The standard InChI is InChI=1S/C20H19N3O3S/c24-20-12-23(19-8-4-3-7-18(19)22-20)27(25,26)13-9-10-17-15(11-13)14-5-1-2-6-16(14)21-17/h3-4,7-11,21H,1-2,5-6,12H2,(H,22,24). The lowest BCUT2D eigenvalue weighted by atomic mass is 9.96. The van der Waals surface area contributed by atoms with Gasteiger partial charge in [0.05, 0.1) is 16.3 Å². The van der Waals surface area contributed by atoms with Crippen LogP contribution in [0.1, 0.15) is 24.1 Å². The maximum absolute atomic E-state index is 13.4. The third kappa shape index (κ3) is 2.53. The molecule has 1 aliphatic carbocycles. The molecular weight excluding hydrogens is 362 g/mol. The summed E-state index contributed by atoms with van der Waals surface area (Å²) < 4.78 is 27.9. The number of hydrogen-bond donors (Lipinski definition) is 2. The number of fused-ring (bicyclic) bond motifs is 4. The first-order chi connectivity index (χ1) is 13.0. The lowest BCUT2D eigenvalue weighted by molar-refractivity contribution is -0.115. The Bertz CT molecular complexity index is 1180. The predicted octanol–water partition coefficient (Wildman–Crippen LogP) is 3.19. The van der Waals surface area contributed by atoms with Gasteiger partial charge in [-0.25, -0.2) is 8.42 Å². The molecule has 1 amide bonds. The summed E-state index contributed by atoms with van der Waals surface area (Å²) in [5.74, 6) is -0.336. The summed E-state index contributed by atoms with van der Waals surface area (Å²) in [6.07, 6.45) is 4.25. The number of aromatic amines is 1. The minimum Gasteiger partial charge on any atom is -0.358 e. The summed E-state index contributed by atoms with van der Waals surface area (Å²) in [5.41, 5.74) is 4.42. The van der Waals surface area contributed by atoms with Crippen LogP contribution < -0.4 is 9.62 Å². The molecule has 0 bridgehead atoms. The molecule has 0 unspecified atom stereocenters. The summed E-state index contributed by atoms with van der Waals surface area (Å²) in [6.45, 7) is -0.220. The summed E-state index contributed by atoms with van der Waals surface area (Å²) >= 11 is 0. The van der Waals surface area contributed by atoms with E-state index in [9.17, 15) is 13.2 Å². The maximum Gasteiger partial charge on any atom is 0.264 e. The van der Waals surface area contributed by atoms with Gasteiger partial charge in [-0.15, -0.1) is 0 Å². The van der Waals surface area contributed by atoms with E-state index in [0.29, 0.717) is 11.4 Å². The van der Waals surface area contributed by atoms with Crippen LogP contribution in [0.15, 0.2) is 47.4 Å². The highest BCUT2D eigenvalue weighted by molar-refractivity contribution is 7.93. The number of carbonyl (C=O) groups excluding carboxylic acids is 1. The zero-order valence-electron chi connectivity index (χ0n) is 14.7. The zero-order chi connectivity index (χ0) is 18.6. The molecule has 0 spiro atoms. The Hall–Kier alpha value is -2.80. The van der Waals surface area contributed by atoms with Crippen LogP contribution in [0.5, 0.6) is 0 Å². The van der Waals surface area contributed by atoms with Crippen LogP contribution in [0.4, 0.5) is 11.4 Å². The van der Waals surface area contributed by atoms with Crippen molar-refractivity contribution in [1.82, 2.24) is 4.98 Å². The van der Waals surface area contributed by atoms with Gasteiger partial charge in [-0.1, -0.05) is 12.1 Å². The molecule has 1 aliphatic heterocycles. The number of carbonyl (C=O) groups is 1. The van der Waals surface area contributed by atoms with E-state index in [4.69, 9.17) is 0 Å². The third-order valence-corrected chi connectivity index (χ3v) is 7.15. The molecule has 7 heteroatoms. The molecule has 27 heavy (non-hydrogen) atoms. The van der Waals surface area contributed by atoms with Crippen LogP contribution in [0, 0.1) is 0 Å². The quantitative estimate of drug-likeness (QED) is 0.715. The molecule has 0 saturated heterocycles. The Morgan fingerprint density at radius 3 is 2.70 bits per heavy atom. The summed E-state index contributed by atoms with van der Waals surface area (Å²) in [5, 5.41) is 3.70. The topological polar surface area (TPSA) is 82.3 Å².